The molecule has 0 saturated carbocycles. The van der Waals surface area contributed by atoms with Crippen LogP contribution in [0.5, 0.6) is 5.75 Å². The number of aliphatic hydroxyl groups is 5. The van der Waals surface area contributed by atoms with Crippen LogP contribution < -0.4 is 15.7 Å². The maximum atomic E-state index is 13.9. The fraction of sp³-hybridized carbons (Fsp3) is 0.605. The first kappa shape index (κ1) is 49.4. The second-order valence-corrected chi connectivity index (χ2v) is 16.3. The van der Waals surface area contributed by atoms with Crippen molar-refractivity contribution in [3.05, 3.63) is 51.6 Å². The van der Waals surface area contributed by atoms with E-state index in [4.69, 9.17) is 43.2 Å². The Morgan fingerprint density at radius 1 is 0.785 bits per heavy atom. The van der Waals surface area contributed by atoms with E-state index in [0.717, 1.165) is 11.1 Å². The van der Waals surface area contributed by atoms with E-state index in [2.05, 4.69) is 11.0 Å². The molecular formula is C43H54N2O20. The predicted molar refractivity (Wildman–Crippen MR) is 215 cm³/mol. The van der Waals surface area contributed by atoms with Crippen molar-refractivity contribution in [2.45, 2.75) is 133 Å². The second kappa shape index (κ2) is 22.0. The lowest BCUT2D eigenvalue weighted by Gasteiger charge is -2.42. The fourth-order valence-electron chi connectivity index (χ4n) is 8.41. The quantitative estimate of drug-likeness (QED) is 0.0313. The monoisotopic (exact) mass is 918 g/mol. The molecule has 0 aromatic heterocycles. The fourth-order valence-corrected chi connectivity index (χ4v) is 8.41. The Hall–Kier alpha value is -5.01. The number of hydroxylamine groups is 2. The third-order valence-electron chi connectivity index (χ3n) is 12.0. The molecular weight excluding hydrogens is 864 g/mol. The maximum absolute atomic E-state index is 13.9. The lowest BCUT2D eigenvalue weighted by molar-refractivity contribution is -0.267. The summed E-state index contributed by atoms with van der Waals surface area (Å²) in [6.07, 6.45) is -10.5. The molecule has 0 spiro atoms. The van der Waals surface area contributed by atoms with Gasteiger partial charge in [0.25, 0.3) is 0 Å². The van der Waals surface area contributed by atoms with E-state index in [1.807, 2.05) is 0 Å². The molecule has 2 fully saturated rings. The number of carbonyl (C=O) groups is 7. The normalized spacial score (nSPS) is 29.8. The Balaban J connectivity index is 0.910. The number of esters is 2. The van der Waals surface area contributed by atoms with Gasteiger partial charge in [0.1, 0.15) is 49.1 Å². The van der Waals surface area contributed by atoms with Crippen LogP contribution in [0.25, 0.3) is 0 Å². The molecule has 22 nitrogen and oxygen atoms in total. The van der Waals surface area contributed by atoms with Crippen molar-refractivity contribution in [2.24, 2.45) is 5.92 Å². The van der Waals surface area contributed by atoms with Gasteiger partial charge in [-0.05, 0) is 44.7 Å². The average molecular weight is 919 g/mol. The van der Waals surface area contributed by atoms with Gasteiger partial charge in [-0.2, -0.15) is 0 Å². The van der Waals surface area contributed by atoms with Gasteiger partial charge in [-0.15, -0.1) is 11.0 Å². The van der Waals surface area contributed by atoms with Crippen LogP contribution in [-0.2, 0) is 57.3 Å². The minimum atomic E-state index is -1.73. The number of hydrogen-bond acceptors (Lipinski definition) is 22. The number of carbonyl (C=O) groups excluding carboxylic acids is 7. The largest absolute Gasteiger partial charge is 0.496 e. The molecule has 22 heteroatoms. The third-order valence-corrected chi connectivity index (χ3v) is 12.0. The number of ketones is 3. The van der Waals surface area contributed by atoms with Gasteiger partial charge in [-0.25, -0.2) is 0 Å². The highest BCUT2D eigenvalue weighted by Crippen LogP contribution is 2.47. The Labute approximate surface area is 372 Å². The first-order valence-corrected chi connectivity index (χ1v) is 21.2. The Morgan fingerprint density at radius 3 is 2.05 bits per heavy atom. The van der Waals surface area contributed by atoms with E-state index < -0.39 is 123 Å². The van der Waals surface area contributed by atoms with Crippen LogP contribution >= 0.6 is 0 Å². The molecule has 2 unspecified atom stereocenters. The lowest BCUT2D eigenvalue weighted by Crippen LogP contribution is -2.63. The van der Waals surface area contributed by atoms with Crippen molar-refractivity contribution < 1.29 is 97.2 Å². The molecule has 0 bridgehead atoms. The van der Waals surface area contributed by atoms with Gasteiger partial charge in [-0.3, -0.25) is 33.6 Å². The van der Waals surface area contributed by atoms with Crippen LogP contribution in [0.15, 0.2) is 40.5 Å². The minimum absolute atomic E-state index is 0.000938. The van der Waals surface area contributed by atoms with Crippen molar-refractivity contribution in [3.63, 3.8) is 0 Å². The number of Topliss-reactive ketones (excluding diaryl/α,β-unsaturated/α-hetero) is 3. The molecule has 1 aromatic carbocycles. The maximum Gasteiger partial charge on any atom is 0.325 e. The number of hydrogen-bond donors (Lipinski definition) is 7. The number of nitrogens with one attached hydrogen (secondary N) is 2. The molecule has 2 heterocycles. The van der Waals surface area contributed by atoms with Crippen LogP contribution in [-0.4, -0.2) is 155 Å². The molecule has 2 aliphatic heterocycles. The van der Waals surface area contributed by atoms with Gasteiger partial charge in [0.05, 0.1) is 69.3 Å². The molecule has 0 radical (unpaired) electrons. The van der Waals surface area contributed by atoms with Crippen LogP contribution in [0.3, 0.4) is 0 Å². The van der Waals surface area contributed by atoms with E-state index >= 15 is 0 Å². The van der Waals surface area contributed by atoms with E-state index in [1.165, 1.54) is 14.0 Å². The third kappa shape index (κ3) is 11.7. The van der Waals surface area contributed by atoms with E-state index in [0.29, 0.717) is 29.7 Å². The van der Waals surface area contributed by atoms with Gasteiger partial charge in [0, 0.05) is 35.5 Å². The number of allylic oxidation sites excluding steroid dienone is 3. The Kier molecular flexibility index (Phi) is 16.7. The molecule has 5 aliphatic rings. The zero-order valence-corrected chi connectivity index (χ0v) is 35.9. The van der Waals surface area contributed by atoms with Crippen molar-refractivity contribution in [3.8, 4) is 5.75 Å². The molecule has 0 amide bonds. The van der Waals surface area contributed by atoms with Crippen molar-refractivity contribution >= 4 is 41.2 Å². The molecule has 65 heavy (non-hydrogen) atoms. The number of aliphatic hydroxyl groups excluding tert-OH is 5. The Morgan fingerprint density at radius 2 is 1.42 bits per heavy atom. The number of benzene rings is 1. The molecule has 11 atom stereocenters. The van der Waals surface area contributed by atoms with Crippen molar-refractivity contribution in [1.82, 2.24) is 11.0 Å². The van der Waals surface area contributed by atoms with Gasteiger partial charge < -0.3 is 63.6 Å². The highest BCUT2D eigenvalue weighted by Gasteiger charge is 2.46. The van der Waals surface area contributed by atoms with Crippen LogP contribution in [0.2, 0.25) is 0 Å². The summed E-state index contributed by atoms with van der Waals surface area (Å²) in [6, 6.07) is 2.56. The first-order chi connectivity index (χ1) is 31.0. The van der Waals surface area contributed by atoms with E-state index in [9.17, 15) is 54.0 Å². The topological polar surface area (TPSA) is 319 Å². The van der Waals surface area contributed by atoms with Gasteiger partial charge in [0.15, 0.2) is 24.1 Å². The number of methoxy groups -OCH3 is 1. The summed E-state index contributed by atoms with van der Waals surface area (Å²) in [5.41, 5.74) is 7.48. The molecule has 1 aromatic rings. The zero-order chi connectivity index (χ0) is 47.1. The molecule has 3 aliphatic carbocycles. The molecule has 7 N–H and O–H groups in total. The first-order valence-electron chi connectivity index (χ1n) is 21.2. The van der Waals surface area contributed by atoms with Crippen LogP contribution in [0, 0.1) is 5.92 Å². The SMILES string of the molecule is COc1cccc2c1C(=O)C1=C(CC3=C(C1)C(O[C@H]1C[C@H](NOC(=O)CCC(=O)OCCOC(=O)CCC(=O)ON[C@@H]4[C@@H](O)[C@@H](O)[C@@H](CO)O[C@@H]4O)[C@H](O)[C@@H](C)O1)CC(C(C)=O)C3)C2=O. The summed E-state index contributed by atoms with van der Waals surface area (Å²) < 4.78 is 32.7. The van der Waals surface area contributed by atoms with E-state index in [1.54, 1.807) is 25.1 Å². The van der Waals surface area contributed by atoms with Gasteiger partial charge in [0.2, 0.25) is 0 Å². The van der Waals surface area contributed by atoms with Gasteiger partial charge >= 0.3 is 23.9 Å². The van der Waals surface area contributed by atoms with Crippen molar-refractivity contribution in [1.29, 1.82) is 0 Å². The van der Waals surface area contributed by atoms with Crippen LogP contribution in [0.4, 0.5) is 0 Å². The summed E-state index contributed by atoms with van der Waals surface area (Å²) >= 11 is 0. The number of ether oxygens (including phenoxy) is 6. The van der Waals surface area contributed by atoms with E-state index in [-0.39, 0.29) is 61.0 Å². The molecule has 356 valence electrons. The summed E-state index contributed by atoms with van der Waals surface area (Å²) in [7, 11) is 1.43. The summed E-state index contributed by atoms with van der Waals surface area (Å²) in [6.45, 7) is 1.68. The zero-order valence-electron chi connectivity index (χ0n) is 35.9. The smallest absolute Gasteiger partial charge is 0.325 e. The number of rotatable bonds is 18. The highest BCUT2D eigenvalue weighted by molar-refractivity contribution is 6.28. The number of fused-ring (bicyclic) bond motifs is 1. The Bertz CT molecular complexity index is 2070. The molecule has 6 rings (SSSR count). The summed E-state index contributed by atoms with van der Waals surface area (Å²) in [5.74, 6) is -4.22. The van der Waals surface area contributed by atoms with Gasteiger partial charge in [-0.1, -0.05) is 17.7 Å². The average Bonchev–Trinajstić information content (AvgIpc) is 3.29. The predicted octanol–water partition coefficient (Wildman–Crippen LogP) is -0.748. The minimum Gasteiger partial charge on any atom is -0.496 e. The summed E-state index contributed by atoms with van der Waals surface area (Å²) in [5, 5.41) is 49.9. The molecule has 2 saturated heterocycles. The summed E-state index contributed by atoms with van der Waals surface area (Å²) in [4.78, 5) is 99.0. The van der Waals surface area contributed by atoms with Crippen LogP contribution in [0.1, 0.15) is 92.4 Å². The highest BCUT2D eigenvalue weighted by atomic mass is 16.7. The van der Waals surface area contributed by atoms with Crippen molar-refractivity contribution in [2.75, 3.05) is 26.9 Å². The lowest BCUT2D eigenvalue weighted by atomic mass is 9.69. The second-order valence-electron chi connectivity index (χ2n) is 16.3. The standard InChI is InChI=1S/C43H54N2O20/c1-19(47)21-13-22-14-25-26(40(54)36-23(39(25)53)5-4-6-28(36)58-3)16-24(22)29(15-21)62-35-17-27(38(52)20(2)61-35)44-64-33(50)9-7-31(48)59-11-12-60-32(49)8-10-34(51)65-45-37-42(56)41(55)30(18-46)63-43(37)57/h4-6,20-21,27,29-30,35,37-38,41-46,52,55-57H,7-18H2,1-3H3/t20-,21?,27+,29?,30-,35+,37-,38-,41+,42-,43+/m1/s1.